The van der Waals surface area contributed by atoms with Crippen LogP contribution in [0.3, 0.4) is 0 Å². The first-order valence-corrected chi connectivity index (χ1v) is 9.92. The van der Waals surface area contributed by atoms with Crippen molar-refractivity contribution in [2.75, 3.05) is 13.1 Å². The quantitative estimate of drug-likeness (QED) is 0.600. The molecule has 124 valence electrons. The number of aromatic nitrogens is 1. The van der Waals surface area contributed by atoms with Gasteiger partial charge in [-0.2, -0.15) is 0 Å². The third-order valence-electron chi connectivity index (χ3n) is 4.61. The van der Waals surface area contributed by atoms with Gasteiger partial charge in [0.2, 0.25) is 0 Å². The summed E-state index contributed by atoms with van der Waals surface area (Å²) >= 11 is 5.34. The van der Waals surface area contributed by atoms with Crippen molar-refractivity contribution in [2.24, 2.45) is 0 Å². The predicted octanol–water partition coefficient (Wildman–Crippen LogP) is 5.06. The molecule has 3 aromatic rings. The van der Waals surface area contributed by atoms with Gasteiger partial charge in [0.05, 0.1) is 14.7 Å². The minimum Gasteiger partial charge on any atom is -0.337 e. The van der Waals surface area contributed by atoms with Crippen LogP contribution in [0.4, 0.5) is 0 Å². The van der Waals surface area contributed by atoms with Crippen LogP contribution in [0.15, 0.2) is 40.2 Å². The molecular weight excluding hydrogens is 384 g/mol. The highest BCUT2D eigenvalue weighted by Crippen LogP contribution is 2.34. The SMILES string of the molecule is Cc1cccc(Cn2c(C(=O)N3CCCC3)cc3scc(Br)c32)c1. The number of benzene rings is 1. The average molecular weight is 403 g/mol. The van der Waals surface area contributed by atoms with Crippen LogP contribution in [-0.2, 0) is 6.54 Å². The number of rotatable bonds is 3. The van der Waals surface area contributed by atoms with Crippen LogP contribution >= 0.6 is 27.3 Å². The Morgan fingerprint density at radius 3 is 2.79 bits per heavy atom. The molecule has 4 rings (SSSR count). The van der Waals surface area contributed by atoms with Crippen molar-refractivity contribution in [1.29, 1.82) is 0 Å². The lowest BCUT2D eigenvalue weighted by atomic mass is 10.1. The van der Waals surface area contributed by atoms with Crippen molar-refractivity contribution in [1.82, 2.24) is 9.47 Å². The molecule has 0 aliphatic carbocycles. The maximum absolute atomic E-state index is 13.0. The molecule has 0 atom stereocenters. The van der Waals surface area contributed by atoms with E-state index in [1.807, 2.05) is 4.90 Å². The van der Waals surface area contributed by atoms with Gasteiger partial charge in [-0.05, 0) is 47.3 Å². The summed E-state index contributed by atoms with van der Waals surface area (Å²) in [7, 11) is 0. The van der Waals surface area contributed by atoms with Crippen LogP contribution in [-0.4, -0.2) is 28.5 Å². The third-order valence-corrected chi connectivity index (χ3v) is 6.44. The normalized spacial score (nSPS) is 14.7. The number of halogens is 1. The van der Waals surface area contributed by atoms with E-state index in [0.717, 1.165) is 52.9 Å². The number of carbonyl (C=O) groups is 1. The minimum absolute atomic E-state index is 0.162. The summed E-state index contributed by atoms with van der Waals surface area (Å²) in [5.41, 5.74) is 4.40. The molecule has 1 aliphatic rings. The summed E-state index contributed by atoms with van der Waals surface area (Å²) in [5.74, 6) is 0.162. The fraction of sp³-hybridized carbons (Fsp3) is 0.316. The number of amides is 1. The minimum atomic E-state index is 0.162. The molecule has 1 fully saturated rings. The van der Waals surface area contributed by atoms with Crippen molar-refractivity contribution in [2.45, 2.75) is 26.3 Å². The number of nitrogens with zero attached hydrogens (tertiary/aromatic N) is 2. The summed E-state index contributed by atoms with van der Waals surface area (Å²) in [5, 5.41) is 2.10. The molecule has 0 bridgehead atoms. The average Bonchev–Trinajstić information content (AvgIpc) is 3.27. The Bertz CT molecular complexity index is 905. The first-order chi connectivity index (χ1) is 11.6. The van der Waals surface area contributed by atoms with Crippen molar-refractivity contribution < 1.29 is 4.79 Å². The van der Waals surface area contributed by atoms with Crippen LogP contribution < -0.4 is 0 Å². The zero-order valence-electron chi connectivity index (χ0n) is 13.6. The first kappa shape index (κ1) is 15.9. The molecule has 0 spiro atoms. The molecule has 0 saturated carbocycles. The second kappa shape index (κ2) is 6.37. The highest BCUT2D eigenvalue weighted by Gasteiger charge is 2.25. The molecule has 1 saturated heterocycles. The van der Waals surface area contributed by atoms with Crippen LogP contribution in [0.25, 0.3) is 10.2 Å². The zero-order valence-corrected chi connectivity index (χ0v) is 16.0. The Morgan fingerprint density at radius 1 is 1.25 bits per heavy atom. The Balaban J connectivity index is 1.80. The molecule has 0 N–H and O–H groups in total. The summed E-state index contributed by atoms with van der Waals surface area (Å²) < 4.78 is 4.40. The smallest absolute Gasteiger partial charge is 0.270 e. The monoisotopic (exact) mass is 402 g/mol. The van der Waals surface area contributed by atoms with E-state index in [0.29, 0.717) is 0 Å². The second-order valence-electron chi connectivity index (χ2n) is 6.40. The van der Waals surface area contributed by atoms with Crippen molar-refractivity contribution in [3.63, 3.8) is 0 Å². The molecule has 0 unspecified atom stereocenters. The zero-order chi connectivity index (χ0) is 16.7. The molecule has 1 aliphatic heterocycles. The molecule has 3 nitrogen and oxygen atoms in total. The first-order valence-electron chi connectivity index (χ1n) is 8.24. The van der Waals surface area contributed by atoms with Crippen molar-refractivity contribution in [3.8, 4) is 0 Å². The van der Waals surface area contributed by atoms with E-state index in [2.05, 4.69) is 63.1 Å². The molecule has 0 radical (unpaired) electrons. The third kappa shape index (κ3) is 2.80. The molecule has 3 heterocycles. The molecule has 2 aromatic heterocycles. The van der Waals surface area contributed by atoms with E-state index in [1.54, 1.807) is 11.3 Å². The van der Waals surface area contributed by atoms with Gasteiger partial charge in [0, 0.05) is 25.0 Å². The number of likely N-dealkylation sites (tertiary alicyclic amines) is 1. The van der Waals surface area contributed by atoms with Gasteiger partial charge < -0.3 is 9.47 Å². The van der Waals surface area contributed by atoms with E-state index in [1.165, 1.54) is 11.1 Å². The van der Waals surface area contributed by atoms with Gasteiger partial charge >= 0.3 is 0 Å². The highest BCUT2D eigenvalue weighted by atomic mass is 79.9. The Kier molecular flexibility index (Phi) is 4.22. The van der Waals surface area contributed by atoms with E-state index >= 15 is 0 Å². The van der Waals surface area contributed by atoms with Gasteiger partial charge in [0.15, 0.2) is 0 Å². The lowest BCUT2D eigenvalue weighted by Crippen LogP contribution is -2.29. The van der Waals surface area contributed by atoms with Crippen LogP contribution in [0.5, 0.6) is 0 Å². The fourth-order valence-electron chi connectivity index (χ4n) is 3.45. The molecule has 5 heteroatoms. The standard InChI is InChI=1S/C19H19BrN2OS/c1-13-5-4-6-14(9-13)11-22-16(19(23)21-7-2-3-8-21)10-17-18(22)15(20)12-24-17/h4-6,9-10,12H,2-3,7-8,11H2,1H3. The number of hydrogen-bond acceptors (Lipinski definition) is 2. The Labute approximate surface area is 154 Å². The number of thiophene rings is 1. The van der Waals surface area contributed by atoms with Gasteiger partial charge in [0.25, 0.3) is 5.91 Å². The Morgan fingerprint density at radius 2 is 2.04 bits per heavy atom. The van der Waals surface area contributed by atoms with E-state index in [4.69, 9.17) is 0 Å². The van der Waals surface area contributed by atoms with Gasteiger partial charge in [-0.1, -0.05) is 29.8 Å². The number of hydrogen-bond donors (Lipinski definition) is 0. The van der Waals surface area contributed by atoms with Gasteiger partial charge in [-0.3, -0.25) is 4.79 Å². The molecular formula is C19H19BrN2OS. The Hall–Kier alpha value is -1.59. The summed E-state index contributed by atoms with van der Waals surface area (Å²) in [6.07, 6.45) is 2.23. The number of fused-ring (bicyclic) bond motifs is 1. The summed E-state index contributed by atoms with van der Waals surface area (Å²) in [6.45, 7) is 4.58. The predicted molar refractivity (Wildman–Crippen MR) is 103 cm³/mol. The summed E-state index contributed by atoms with van der Waals surface area (Å²) in [6, 6.07) is 10.6. The van der Waals surface area contributed by atoms with E-state index < -0.39 is 0 Å². The second-order valence-corrected chi connectivity index (χ2v) is 8.17. The van der Waals surface area contributed by atoms with Crippen LogP contribution in [0.2, 0.25) is 0 Å². The van der Waals surface area contributed by atoms with Crippen LogP contribution in [0.1, 0.15) is 34.5 Å². The molecule has 1 amide bonds. The van der Waals surface area contributed by atoms with Gasteiger partial charge in [-0.25, -0.2) is 0 Å². The molecule has 24 heavy (non-hydrogen) atoms. The number of carbonyl (C=O) groups excluding carboxylic acids is 1. The van der Waals surface area contributed by atoms with Gasteiger partial charge in [0.1, 0.15) is 5.69 Å². The number of aryl methyl sites for hydroxylation is 1. The fourth-order valence-corrected chi connectivity index (χ4v) is 5.14. The van der Waals surface area contributed by atoms with E-state index in [-0.39, 0.29) is 5.91 Å². The van der Waals surface area contributed by atoms with Gasteiger partial charge in [-0.15, -0.1) is 11.3 Å². The van der Waals surface area contributed by atoms with E-state index in [9.17, 15) is 4.79 Å². The van der Waals surface area contributed by atoms with Crippen molar-refractivity contribution in [3.05, 3.63) is 57.0 Å². The summed E-state index contributed by atoms with van der Waals surface area (Å²) in [4.78, 5) is 15.0. The highest BCUT2D eigenvalue weighted by molar-refractivity contribution is 9.10. The maximum Gasteiger partial charge on any atom is 0.270 e. The van der Waals surface area contributed by atoms with Crippen LogP contribution in [0, 0.1) is 6.92 Å². The maximum atomic E-state index is 13.0. The lowest BCUT2D eigenvalue weighted by Gasteiger charge is -2.17. The van der Waals surface area contributed by atoms with Crippen molar-refractivity contribution >= 4 is 43.4 Å². The lowest BCUT2D eigenvalue weighted by molar-refractivity contribution is 0.0783. The topological polar surface area (TPSA) is 25.2 Å². The molecule has 1 aromatic carbocycles. The largest absolute Gasteiger partial charge is 0.337 e.